The van der Waals surface area contributed by atoms with Gasteiger partial charge in [-0.05, 0) is 8.86 Å². The molecule has 0 aromatic rings. The van der Waals surface area contributed by atoms with E-state index in [1.54, 1.807) is 22.9 Å². The van der Waals surface area contributed by atoms with Crippen LogP contribution in [-0.4, -0.2) is 0 Å². The van der Waals surface area contributed by atoms with E-state index in [2.05, 4.69) is 8.24 Å². The lowest BCUT2D eigenvalue weighted by atomic mass is 13.0. The van der Waals surface area contributed by atoms with Crippen LogP contribution in [0.4, 0.5) is 0 Å². The zero-order chi connectivity index (χ0) is 3.41. The van der Waals surface area contributed by atoms with Crippen LogP contribution in [0.2, 0.25) is 0 Å². The summed E-state index contributed by atoms with van der Waals surface area (Å²) >= 11 is 1.56. The predicted octanol–water partition coefficient (Wildman–Crippen LogP) is 1.65. The molecule has 0 aromatic heterocycles. The minimum Gasteiger partial charge on any atom is -0.0301 e. The fraction of sp³-hybridized carbons (Fsp3) is 0. The number of azide groups is 1. The highest BCUT2D eigenvalue weighted by Gasteiger charge is 1.30. The smallest absolute Gasteiger partial charge is 0.0226 e. The Morgan fingerprint density at radius 3 is 2.25 bits per heavy atom. The molecule has 0 fully saturated rings. The summed E-state index contributed by atoms with van der Waals surface area (Å²) in [5.41, 5.74) is 7.33. The summed E-state index contributed by atoms with van der Waals surface area (Å²) in [6, 6.07) is 0. The molecule has 0 spiro atoms. The second kappa shape index (κ2) is 3.04. The molecule has 0 N–H and O–H groups in total. The van der Waals surface area contributed by atoms with Crippen LogP contribution in [0.25, 0.3) is 10.4 Å². The molecule has 3 nitrogen and oxygen atoms in total. The fourth-order valence-electron chi connectivity index (χ4n) is 0. The van der Waals surface area contributed by atoms with Crippen molar-refractivity contribution in [1.29, 1.82) is 0 Å². The molecule has 0 aromatic carbocycles. The average molecular weight is 169 g/mol. The minimum absolute atomic E-state index is 1.56. The van der Waals surface area contributed by atoms with Gasteiger partial charge in [-0.3, -0.25) is 0 Å². The van der Waals surface area contributed by atoms with Gasteiger partial charge in [-0.1, -0.05) is 0 Å². The summed E-state index contributed by atoms with van der Waals surface area (Å²) in [4.78, 5) is 2.35. The monoisotopic (exact) mass is 169 g/mol. The highest BCUT2D eigenvalue weighted by Crippen LogP contribution is 1.76. The standard InChI is InChI=1S/IN3/c1-3-4-2. The summed E-state index contributed by atoms with van der Waals surface area (Å²) in [6.45, 7) is 0. The first-order valence-electron chi connectivity index (χ1n) is 0.569. The van der Waals surface area contributed by atoms with Crippen LogP contribution in [0.15, 0.2) is 3.33 Å². The van der Waals surface area contributed by atoms with Crippen molar-refractivity contribution in [2.24, 2.45) is 3.33 Å². The number of hydrogen-bond acceptors (Lipinski definition) is 1. The third-order valence-electron chi connectivity index (χ3n) is 0.0338. The van der Waals surface area contributed by atoms with Crippen LogP contribution < -0.4 is 0 Å². The number of nitrogens with zero attached hydrogens (tertiary/aromatic N) is 3. The maximum Gasteiger partial charge on any atom is 0.0226 e. The van der Waals surface area contributed by atoms with Crippen molar-refractivity contribution < 1.29 is 0 Å². The third-order valence-corrected chi connectivity index (χ3v) is 0.227. The summed E-state index contributed by atoms with van der Waals surface area (Å²) in [5, 5.41) is 0. The van der Waals surface area contributed by atoms with Crippen molar-refractivity contribution in [2.45, 2.75) is 0 Å². The first kappa shape index (κ1) is 4.04. The van der Waals surface area contributed by atoms with Gasteiger partial charge in [0.2, 0.25) is 0 Å². The summed E-state index contributed by atoms with van der Waals surface area (Å²) in [7, 11) is 0. The first-order chi connectivity index (χ1) is 1.91. The molecular weight excluding hydrogens is 169 g/mol. The molecule has 0 unspecified atom stereocenters. The third kappa shape index (κ3) is 2.04. The van der Waals surface area contributed by atoms with Crippen LogP contribution in [0.3, 0.4) is 0 Å². The van der Waals surface area contributed by atoms with Gasteiger partial charge in [0.25, 0.3) is 0 Å². The van der Waals surface area contributed by atoms with Gasteiger partial charge in [0, 0.05) is 27.8 Å². The van der Waals surface area contributed by atoms with E-state index >= 15 is 0 Å². The van der Waals surface area contributed by atoms with Gasteiger partial charge < -0.3 is 0 Å². The van der Waals surface area contributed by atoms with Crippen molar-refractivity contribution in [1.82, 2.24) is 0 Å². The highest BCUT2D eigenvalue weighted by atomic mass is 127. The summed E-state index contributed by atoms with van der Waals surface area (Å²) in [6.07, 6.45) is 0. The van der Waals surface area contributed by atoms with Gasteiger partial charge in [-0.15, -0.1) is 0 Å². The second-order valence-electron chi connectivity index (χ2n) is 0.165. The topological polar surface area (TPSA) is 48.8 Å². The van der Waals surface area contributed by atoms with Crippen molar-refractivity contribution in [2.75, 3.05) is 0 Å². The predicted molar refractivity (Wildman–Crippen MR) is 23.2 cm³/mol. The molecule has 0 radical (unpaired) electrons. The summed E-state index contributed by atoms with van der Waals surface area (Å²) in [5.74, 6) is 0. The van der Waals surface area contributed by atoms with Crippen molar-refractivity contribution in [3.05, 3.63) is 10.4 Å². The van der Waals surface area contributed by atoms with E-state index in [4.69, 9.17) is 5.53 Å². The van der Waals surface area contributed by atoms with E-state index in [0.29, 0.717) is 0 Å². The average Bonchev–Trinajstić information content (AvgIpc) is 1.37. The van der Waals surface area contributed by atoms with E-state index < -0.39 is 0 Å². The molecule has 4 heavy (non-hydrogen) atoms. The normalized spacial score (nSPS) is 4.25. The van der Waals surface area contributed by atoms with Gasteiger partial charge in [-0.2, -0.15) is 0 Å². The molecule has 0 atom stereocenters. The molecule has 0 heterocycles. The Balaban J connectivity index is 3.11. The SMILES string of the molecule is [N-]=[N+]=NI. The molecule has 22 valence electrons. The molecule has 0 amide bonds. The zero-order valence-electron chi connectivity index (χ0n) is 1.72. The van der Waals surface area contributed by atoms with Crippen molar-refractivity contribution >= 4 is 22.9 Å². The van der Waals surface area contributed by atoms with Crippen molar-refractivity contribution in [3.8, 4) is 0 Å². The Labute approximate surface area is 37.1 Å². The van der Waals surface area contributed by atoms with Crippen LogP contribution in [-0.2, 0) is 0 Å². The van der Waals surface area contributed by atoms with Crippen LogP contribution in [0, 0.1) is 0 Å². The van der Waals surface area contributed by atoms with Gasteiger partial charge in [-0.25, -0.2) is 0 Å². The van der Waals surface area contributed by atoms with Crippen LogP contribution >= 0.6 is 22.9 Å². The second-order valence-corrected chi connectivity index (χ2v) is 0.597. The largest absolute Gasteiger partial charge is 0.0301 e. The molecule has 0 saturated carbocycles. The highest BCUT2D eigenvalue weighted by molar-refractivity contribution is 14.1. The Kier molecular flexibility index (Phi) is 3.07. The Bertz CT molecular complexity index is 41.2. The quantitative estimate of drug-likeness (QED) is 0.229. The van der Waals surface area contributed by atoms with Gasteiger partial charge in [0.15, 0.2) is 0 Å². The molecule has 0 aliphatic carbocycles. The summed E-state index contributed by atoms with van der Waals surface area (Å²) < 4.78 is 2.89. The Morgan fingerprint density at radius 1 is 2.00 bits per heavy atom. The van der Waals surface area contributed by atoms with Crippen molar-refractivity contribution in [3.63, 3.8) is 0 Å². The number of halogens is 1. The van der Waals surface area contributed by atoms with Crippen LogP contribution in [0.1, 0.15) is 0 Å². The van der Waals surface area contributed by atoms with E-state index in [0.717, 1.165) is 0 Å². The Morgan fingerprint density at radius 2 is 2.25 bits per heavy atom. The lowest BCUT2D eigenvalue weighted by molar-refractivity contribution is 1.90. The Hall–Kier alpha value is 0.0400. The van der Waals surface area contributed by atoms with Gasteiger partial charge >= 0.3 is 0 Å². The lowest BCUT2D eigenvalue weighted by Gasteiger charge is -1.31. The van der Waals surface area contributed by atoms with E-state index in [-0.39, 0.29) is 0 Å². The molecule has 0 saturated heterocycles. The van der Waals surface area contributed by atoms with E-state index in [9.17, 15) is 0 Å². The van der Waals surface area contributed by atoms with Gasteiger partial charge in [0.1, 0.15) is 0 Å². The number of rotatable bonds is 0. The lowest BCUT2D eigenvalue weighted by Crippen LogP contribution is -0.954. The zero-order valence-corrected chi connectivity index (χ0v) is 3.88. The molecule has 0 aliphatic rings. The molecular formula is IN3. The maximum absolute atomic E-state index is 7.33. The maximum atomic E-state index is 7.33. The molecule has 0 bridgehead atoms. The van der Waals surface area contributed by atoms with E-state index in [1.165, 1.54) is 0 Å². The fourth-order valence-corrected chi connectivity index (χ4v) is 0. The molecule has 0 aliphatic heterocycles. The van der Waals surface area contributed by atoms with Gasteiger partial charge in [0.05, 0.1) is 0 Å². The molecule has 4 heteroatoms. The number of hydrogen-bond donors (Lipinski definition) is 0. The first-order valence-corrected chi connectivity index (χ1v) is 1.53. The minimum atomic E-state index is 1.56. The van der Waals surface area contributed by atoms with E-state index in [1.807, 2.05) is 0 Å². The van der Waals surface area contributed by atoms with Crippen LogP contribution in [0.5, 0.6) is 0 Å². The molecule has 0 rings (SSSR count).